The molecule has 7 heteroatoms. The number of hydrogen-bond donors (Lipinski definition) is 0. The highest BCUT2D eigenvalue weighted by atomic mass is 79.9. The van der Waals surface area contributed by atoms with E-state index < -0.39 is 0 Å². The molecule has 1 aliphatic rings. The Balaban J connectivity index is 1.58. The van der Waals surface area contributed by atoms with Crippen molar-refractivity contribution in [2.45, 2.75) is 57.1 Å². The largest absolute Gasteiger partial charge is 0.493 e. The topological polar surface area (TPSA) is 44.1 Å². The van der Waals surface area contributed by atoms with Crippen LogP contribution in [-0.2, 0) is 12.8 Å². The Bertz CT molecular complexity index is 1060. The molecule has 1 atom stereocenters. The van der Waals surface area contributed by atoms with Crippen molar-refractivity contribution >= 4 is 49.2 Å². The summed E-state index contributed by atoms with van der Waals surface area (Å²) >= 11 is 6.77. The molecule has 29 heavy (non-hydrogen) atoms. The molecule has 0 aliphatic heterocycles. The van der Waals surface area contributed by atoms with E-state index in [4.69, 9.17) is 9.72 Å². The standard InChI is InChI=1S/C22H25BrN2O2S2/c1-3-14(2)25-21(26)19-17-6-4-5-7-18(17)29-20(19)24-22(25)28-13-12-27-16-10-8-15(23)9-11-16/h8-11,14H,3-7,12-13H2,1-2H3/t14-/m1/s1. The van der Waals surface area contributed by atoms with Crippen LogP contribution in [-0.4, -0.2) is 21.9 Å². The van der Waals surface area contributed by atoms with Crippen molar-refractivity contribution in [1.29, 1.82) is 0 Å². The van der Waals surface area contributed by atoms with E-state index in [9.17, 15) is 4.79 Å². The van der Waals surface area contributed by atoms with E-state index in [1.807, 2.05) is 28.8 Å². The molecule has 2 aromatic heterocycles. The van der Waals surface area contributed by atoms with Gasteiger partial charge >= 0.3 is 0 Å². The number of ether oxygens (including phenoxy) is 1. The summed E-state index contributed by atoms with van der Waals surface area (Å²) in [6.07, 6.45) is 5.39. The zero-order chi connectivity index (χ0) is 20.4. The van der Waals surface area contributed by atoms with E-state index in [2.05, 4.69) is 29.8 Å². The van der Waals surface area contributed by atoms with E-state index in [0.717, 1.165) is 50.6 Å². The summed E-state index contributed by atoms with van der Waals surface area (Å²) in [4.78, 5) is 20.7. The lowest BCUT2D eigenvalue weighted by Gasteiger charge is -2.18. The maximum Gasteiger partial charge on any atom is 0.263 e. The quantitative estimate of drug-likeness (QED) is 0.222. The molecule has 0 fully saturated rings. The minimum atomic E-state index is 0.133. The predicted octanol–water partition coefficient (Wildman–Crippen LogP) is 6.24. The third kappa shape index (κ3) is 4.42. The molecule has 2 heterocycles. The zero-order valence-electron chi connectivity index (χ0n) is 16.7. The molecule has 0 amide bonds. The summed E-state index contributed by atoms with van der Waals surface area (Å²) in [6, 6.07) is 7.97. The SMILES string of the molecule is CC[C@@H](C)n1c(SCCOc2ccc(Br)cc2)nc2sc3c(c2c1=O)CCCC3. The summed E-state index contributed by atoms with van der Waals surface area (Å²) in [5.41, 5.74) is 1.40. The molecule has 0 saturated heterocycles. The fraction of sp³-hybridized carbons (Fsp3) is 0.455. The van der Waals surface area contributed by atoms with E-state index in [1.165, 1.54) is 23.3 Å². The number of aryl methyl sites for hydroxylation is 2. The van der Waals surface area contributed by atoms with Crippen LogP contribution in [0.5, 0.6) is 5.75 Å². The number of fused-ring (bicyclic) bond motifs is 3. The van der Waals surface area contributed by atoms with Gasteiger partial charge in [0.05, 0.1) is 12.0 Å². The molecule has 4 nitrogen and oxygen atoms in total. The lowest BCUT2D eigenvalue weighted by atomic mass is 9.97. The van der Waals surface area contributed by atoms with Gasteiger partial charge in [-0.05, 0) is 68.9 Å². The van der Waals surface area contributed by atoms with Crippen molar-refractivity contribution in [3.8, 4) is 5.75 Å². The van der Waals surface area contributed by atoms with Crippen LogP contribution in [0.3, 0.4) is 0 Å². The van der Waals surface area contributed by atoms with Gasteiger partial charge in [0.1, 0.15) is 10.6 Å². The first kappa shape index (κ1) is 20.9. The third-order valence-electron chi connectivity index (χ3n) is 5.42. The normalized spacial score (nSPS) is 14.7. The van der Waals surface area contributed by atoms with Gasteiger partial charge in [0.25, 0.3) is 5.56 Å². The summed E-state index contributed by atoms with van der Waals surface area (Å²) < 4.78 is 8.79. The second-order valence-corrected chi connectivity index (χ2v) is 10.4. The molecule has 0 radical (unpaired) electrons. The van der Waals surface area contributed by atoms with Gasteiger partial charge in [-0.3, -0.25) is 9.36 Å². The summed E-state index contributed by atoms with van der Waals surface area (Å²) in [7, 11) is 0. The molecular weight excluding hydrogens is 468 g/mol. The van der Waals surface area contributed by atoms with E-state index >= 15 is 0 Å². The molecule has 0 N–H and O–H groups in total. The van der Waals surface area contributed by atoms with Gasteiger partial charge in [-0.1, -0.05) is 34.6 Å². The van der Waals surface area contributed by atoms with Crippen molar-refractivity contribution in [2.75, 3.05) is 12.4 Å². The third-order valence-corrected chi connectivity index (χ3v) is 8.05. The Hall–Kier alpha value is -1.31. The van der Waals surface area contributed by atoms with Crippen molar-refractivity contribution in [3.05, 3.63) is 49.5 Å². The number of hydrogen-bond acceptors (Lipinski definition) is 5. The zero-order valence-corrected chi connectivity index (χ0v) is 20.0. The second-order valence-electron chi connectivity index (χ2n) is 7.37. The molecule has 3 aromatic rings. The molecule has 0 saturated carbocycles. The lowest BCUT2D eigenvalue weighted by molar-refractivity contribution is 0.343. The highest BCUT2D eigenvalue weighted by Crippen LogP contribution is 2.35. The van der Waals surface area contributed by atoms with Crippen molar-refractivity contribution in [1.82, 2.24) is 9.55 Å². The highest BCUT2D eigenvalue weighted by molar-refractivity contribution is 9.10. The average molecular weight is 493 g/mol. The van der Waals surface area contributed by atoms with Crippen LogP contribution >= 0.6 is 39.0 Å². The van der Waals surface area contributed by atoms with Crippen LogP contribution < -0.4 is 10.3 Å². The molecule has 4 rings (SSSR count). The average Bonchev–Trinajstić information content (AvgIpc) is 3.10. The van der Waals surface area contributed by atoms with Crippen LogP contribution in [0.1, 0.15) is 49.6 Å². The van der Waals surface area contributed by atoms with E-state index in [0.29, 0.717) is 6.61 Å². The van der Waals surface area contributed by atoms with E-state index in [1.54, 1.807) is 23.1 Å². The van der Waals surface area contributed by atoms with Crippen LogP contribution in [0.25, 0.3) is 10.2 Å². The Morgan fingerprint density at radius 2 is 2.03 bits per heavy atom. The molecule has 0 unspecified atom stereocenters. The number of nitrogens with zero attached hydrogens (tertiary/aromatic N) is 2. The minimum absolute atomic E-state index is 0.133. The Labute approximate surface area is 187 Å². The van der Waals surface area contributed by atoms with Gasteiger partial charge in [-0.2, -0.15) is 0 Å². The van der Waals surface area contributed by atoms with Gasteiger partial charge in [0.15, 0.2) is 5.16 Å². The van der Waals surface area contributed by atoms with Crippen LogP contribution in [0.2, 0.25) is 0 Å². The molecule has 0 bridgehead atoms. The Kier molecular flexibility index (Phi) is 6.66. The van der Waals surface area contributed by atoms with Crippen LogP contribution in [0.15, 0.2) is 38.7 Å². The Morgan fingerprint density at radius 3 is 2.79 bits per heavy atom. The fourth-order valence-corrected chi connectivity index (χ4v) is 6.18. The molecule has 1 aromatic carbocycles. The predicted molar refractivity (Wildman–Crippen MR) is 126 cm³/mol. The maximum absolute atomic E-state index is 13.4. The fourth-order valence-electron chi connectivity index (χ4n) is 3.70. The summed E-state index contributed by atoms with van der Waals surface area (Å²) in [5, 5.41) is 1.69. The molecule has 1 aliphatic carbocycles. The second kappa shape index (κ2) is 9.23. The number of thiophene rings is 1. The van der Waals surface area contributed by atoms with Gasteiger partial charge in [0, 0.05) is 21.1 Å². The number of benzene rings is 1. The first-order valence-corrected chi connectivity index (χ1v) is 12.8. The lowest BCUT2D eigenvalue weighted by Crippen LogP contribution is -2.26. The maximum atomic E-state index is 13.4. The summed E-state index contributed by atoms with van der Waals surface area (Å²) in [5.74, 6) is 1.60. The van der Waals surface area contributed by atoms with Crippen molar-refractivity contribution < 1.29 is 4.74 Å². The van der Waals surface area contributed by atoms with Crippen LogP contribution in [0.4, 0.5) is 0 Å². The van der Waals surface area contributed by atoms with Gasteiger partial charge in [-0.15, -0.1) is 11.3 Å². The van der Waals surface area contributed by atoms with Gasteiger partial charge < -0.3 is 4.74 Å². The number of thioether (sulfide) groups is 1. The van der Waals surface area contributed by atoms with Crippen LogP contribution in [0, 0.1) is 0 Å². The molecular formula is C22H25BrN2O2S2. The number of halogens is 1. The smallest absolute Gasteiger partial charge is 0.263 e. The number of aromatic nitrogens is 2. The molecule has 0 spiro atoms. The molecule has 154 valence electrons. The monoisotopic (exact) mass is 492 g/mol. The first-order chi connectivity index (χ1) is 14.1. The van der Waals surface area contributed by atoms with E-state index in [-0.39, 0.29) is 11.6 Å². The van der Waals surface area contributed by atoms with Crippen molar-refractivity contribution in [2.24, 2.45) is 0 Å². The first-order valence-electron chi connectivity index (χ1n) is 10.2. The summed E-state index contributed by atoms with van der Waals surface area (Å²) in [6.45, 7) is 4.80. The Morgan fingerprint density at radius 1 is 1.28 bits per heavy atom. The minimum Gasteiger partial charge on any atom is -0.493 e. The van der Waals surface area contributed by atoms with Crippen molar-refractivity contribution in [3.63, 3.8) is 0 Å². The number of rotatable bonds is 7. The van der Waals surface area contributed by atoms with Gasteiger partial charge in [0.2, 0.25) is 0 Å². The highest BCUT2D eigenvalue weighted by Gasteiger charge is 2.23. The van der Waals surface area contributed by atoms with Gasteiger partial charge in [-0.25, -0.2) is 4.98 Å².